The molecule has 2 N–H and O–H groups in total. The average molecular weight is 279 g/mol. The Kier molecular flexibility index (Phi) is 6.56. The van der Waals surface area contributed by atoms with Crippen LogP contribution in [0.15, 0.2) is 24.3 Å². The van der Waals surface area contributed by atoms with Crippen LogP contribution in [0.25, 0.3) is 0 Å². The van der Waals surface area contributed by atoms with Gasteiger partial charge in [-0.05, 0) is 37.6 Å². The highest BCUT2D eigenvalue weighted by Crippen LogP contribution is 2.12. The number of nitrogens with one attached hydrogen (secondary N) is 1. The third-order valence-electron chi connectivity index (χ3n) is 2.82. The van der Waals surface area contributed by atoms with E-state index in [4.69, 9.17) is 9.84 Å². The van der Waals surface area contributed by atoms with Crippen molar-refractivity contribution in [2.75, 3.05) is 6.61 Å². The van der Waals surface area contributed by atoms with Gasteiger partial charge < -0.3 is 15.2 Å². The Labute approximate surface area is 118 Å². The Morgan fingerprint density at radius 2 is 1.90 bits per heavy atom. The van der Waals surface area contributed by atoms with Gasteiger partial charge in [-0.2, -0.15) is 0 Å². The van der Waals surface area contributed by atoms with E-state index in [9.17, 15) is 9.59 Å². The van der Waals surface area contributed by atoms with E-state index in [0.717, 1.165) is 6.42 Å². The van der Waals surface area contributed by atoms with Gasteiger partial charge in [0, 0.05) is 11.6 Å². The van der Waals surface area contributed by atoms with E-state index in [1.54, 1.807) is 24.3 Å². The van der Waals surface area contributed by atoms with Crippen molar-refractivity contribution >= 4 is 11.9 Å². The first kappa shape index (κ1) is 16.0. The summed E-state index contributed by atoms with van der Waals surface area (Å²) in [6.07, 6.45) is 1.41. The number of benzene rings is 1. The molecule has 0 aliphatic heterocycles. The van der Waals surface area contributed by atoms with Crippen LogP contribution < -0.4 is 10.1 Å². The van der Waals surface area contributed by atoms with Crippen molar-refractivity contribution in [3.8, 4) is 5.75 Å². The molecule has 0 saturated heterocycles. The summed E-state index contributed by atoms with van der Waals surface area (Å²) in [6, 6.07) is 6.46. The number of hydrogen-bond acceptors (Lipinski definition) is 3. The molecule has 0 spiro atoms. The van der Waals surface area contributed by atoms with Crippen LogP contribution >= 0.6 is 0 Å². The molecule has 20 heavy (non-hydrogen) atoms. The predicted octanol–water partition coefficient (Wildman–Crippen LogP) is 2.46. The zero-order valence-electron chi connectivity index (χ0n) is 11.9. The molecular weight excluding hydrogens is 258 g/mol. The van der Waals surface area contributed by atoms with Crippen LogP contribution in [0.2, 0.25) is 0 Å². The molecule has 5 heteroatoms. The Morgan fingerprint density at radius 1 is 1.25 bits per heavy atom. The van der Waals surface area contributed by atoms with Crippen LogP contribution in [0, 0.1) is 0 Å². The third-order valence-corrected chi connectivity index (χ3v) is 2.82. The predicted molar refractivity (Wildman–Crippen MR) is 76.0 cm³/mol. The van der Waals surface area contributed by atoms with Gasteiger partial charge in [0.1, 0.15) is 5.75 Å². The summed E-state index contributed by atoms with van der Waals surface area (Å²) in [4.78, 5) is 22.8. The molecule has 0 aromatic heterocycles. The third kappa shape index (κ3) is 5.30. The van der Waals surface area contributed by atoms with Crippen LogP contribution in [-0.4, -0.2) is 29.6 Å². The van der Waals surface area contributed by atoms with Gasteiger partial charge in [-0.3, -0.25) is 9.59 Å². The van der Waals surface area contributed by atoms with Gasteiger partial charge in [0.2, 0.25) is 0 Å². The van der Waals surface area contributed by atoms with Crippen molar-refractivity contribution in [3.05, 3.63) is 29.8 Å². The molecule has 1 rings (SSSR count). The number of carboxylic acid groups (broad SMARTS) is 1. The highest BCUT2D eigenvalue weighted by atomic mass is 16.5. The van der Waals surface area contributed by atoms with Crippen molar-refractivity contribution in [2.45, 2.75) is 39.2 Å². The quantitative estimate of drug-likeness (QED) is 0.766. The SMILES string of the molecule is CCCC(CC(=O)O)NC(=O)c1ccc(OCC)cc1. The Morgan fingerprint density at radius 3 is 2.40 bits per heavy atom. The fourth-order valence-corrected chi connectivity index (χ4v) is 1.92. The summed E-state index contributed by atoms with van der Waals surface area (Å²) in [6.45, 7) is 4.42. The van der Waals surface area contributed by atoms with E-state index < -0.39 is 5.97 Å². The first-order valence-electron chi connectivity index (χ1n) is 6.82. The van der Waals surface area contributed by atoms with Gasteiger partial charge in [-0.25, -0.2) is 0 Å². The average Bonchev–Trinajstić information content (AvgIpc) is 2.39. The first-order chi connectivity index (χ1) is 9.56. The number of ether oxygens (including phenoxy) is 1. The molecule has 0 fully saturated rings. The number of carbonyl (C=O) groups is 2. The molecule has 1 aromatic carbocycles. The zero-order valence-corrected chi connectivity index (χ0v) is 11.9. The second kappa shape index (κ2) is 8.19. The summed E-state index contributed by atoms with van der Waals surface area (Å²) < 4.78 is 5.30. The highest BCUT2D eigenvalue weighted by molar-refractivity contribution is 5.94. The van der Waals surface area contributed by atoms with Crippen molar-refractivity contribution in [1.82, 2.24) is 5.32 Å². The van der Waals surface area contributed by atoms with Gasteiger partial charge >= 0.3 is 5.97 Å². The molecule has 1 aromatic rings. The summed E-state index contributed by atoms with van der Waals surface area (Å²) >= 11 is 0. The van der Waals surface area contributed by atoms with Crippen molar-refractivity contribution in [3.63, 3.8) is 0 Å². The van der Waals surface area contributed by atoms with Crippen LogP contribution in [0.1, 0.15) is 43.5 Å². The minimum atomic E-state index is -0.907. The summed E-state index contributed by atoms with van der Waals surface area (Å²) in [5.41, 5.74) is 0.500. The molecule has 0 saturated carbocycles. The van der Waals surface area contributed by atoms with Crippen molar-refractivity contribution in [1.29, 1.82) is 0 Å². The van der Waals surface area contributed by atoms with Gasteiger partial charge in [0.05, 0.1) is 13.0 Å². The Hall–Kier alpha value is -2.04. The monoisotopic (exact) mass is 279 g/mol. The van der Waals surface area contributed by atoms with E-state index >= 15 is 0 Å². The normalized spacial score (nSPS) is 11.7. The highest BCUT2D eigenvalue weighted by Gasteiger charge is 2.16. The maximum Gasteiger partial charge on any atom is 0.305 e. The van der Waals surface area contributed by atoms with E-state index in [1.165, 1.54) is 0 Å². The van der Waals surface area contributed by atoms with Gasteiger partial charge in [0.25, 0.3) is 5.91 Å². The first-order valence-corrected chi connectivity index (χ1v) is 6.82. The fourth-order valence-electron chi connectivity index (χ4n) is 1.92. The largest absolute Gasteiger partial charge is 0.494 e. The van der Waals surface area contributed by atoms with Gasteiger partial charge in [-0.15, -0.1) is 0 Å². The Balaban J connectivity index is 2.65. The number of carbonyl (C=O) groups excluding carboxylic acids is 1. The Bertz CT molecular complexity index is 442. The molecule has 1 amide bonds. The lowest BCUT2D eigenvalue weighted by molar-refractivity contribution is -0.137. The number of rotatable bonds is 8. The van der Waals surface area contributed by atoms with Crippen LogP contribution in [0.4, 0.5) is 0 Å². The molecule has 0 radical (unpaired) electrons. The van der Waals surface area contributed by atoms with E-state index in [0.29, 0.717) is 24.3 Å². The molecule has 5 nitrogen and oxygen atoms in total. The fraction of sp³-hybridized carbons (Fsp3) is 0.467. The topological polar surface area (TPSA) is 75.6 Å². The number of amides is 1. The standard InChI is InChI=1S/C15H21NO4/c1-3-5-12(10-14(17)18)16-15(19)11-6-8-13(9-7-11)20-4-2/h6-9,12H,3-5,10H2,1-2H3,(H,16,19)(H,17,18). The molecule has 110 valence electrons. The van der Waals surface area contributed by atoms with Crippen molar-refractivity contribution in [2.24, 2.45) is 0 Å². The number of hydrogen-bond donors (Lipinski definition) is 2. The maximum absolute atomic E-state index is 12.0. The van der Waals surface area contributed by atoms with E-state index in [1.807, 2.05) is 13.8 Å². The summed E-state index contributed by atoms with van der Waals surface area (Å²) in [5, 5.41) is 11.6. The van der Waals surface area contributed by atoms with E-state index in [2.05, 4.69) is 5.32 Å². The summed E-state index contributed by atoms with van der Waals surface area (Å²) in [7, 11) is 0. The lowest BCUT2D eigenvalue weighted by Crippen LogP contribution is -2.36. The minimum Gasteiger partial charge on any atom is -0.494 e. The van der Waals surface area contributed by atoms with Crippen molar-refractivity contribution < 1.29 is 19.4 Å². The van der Waals surface area contributed by atoms with Gasteiger partial charge in [-0.1, -0.05) is 13.3 Å². The van der Waals surface area contributed by atoms with Crippen LogP contribution in [-0.2, 0) is 4.79 Å². The lowest BCUT2D eigenvalue weighted by Gasteiger charge is -2.16. The summed E-state index contributed by atoms with van der Waals surface area (Å²) in [5.74, 6) is -0.456. The molecule has 1 unspecified atom stereocenters. The zero-order chi connectivity index (χ0) is 15.0. The molecule has 0 heterocycles. The van der Waals surface area contributed by atoms with E-state index in [-0.39, 0.29) is 18.4 Å². The number of carboxylic acids is 1. The molecular formula is C15H21NO4. The molecule has 0 aliphatic rings. The lowest BCUT2D eigenvalue weighted by atomic mass is 10.1. The maximum atomic E-state index is 12.0. The minimum absolute atomic E-state index is 0.0589. The smallest absolute Gasteiger partial charge is 0.305 e. The van der Waals surface area contributed by atoms with Crippen LogP contribution in [0.3, 0.4) is 0 Å². The second-order valence-corrected chi connectivity index (χ2v) is 4.51. The molecule has 0 bridgehead atoms. The number of aliphatic carboxylic acids is 1. The molecule has 0 aliphatic carbocycles. The van der Waals surface area contributed by atoms with Crippen LogP contribution in [0.5, 0.6) is 5.75 Å². The second-order valence-electron chi connectivity index (χ2n) is 4.51. The molecule has 1 atom stereocenters. The van der Waals surface area contributed by atoms with Gasteiger partial charge in [0.15, 0.2) is 0 Å².